The van der Waals surface area contributed by atoms with Gasteiger partial charge in [-0.1, -0.05) is 13.8 Å². The van der Waals surface area contributed by atoms with Crippen LogP contribution in [0.15, 0.2) is 4.99 Å². The van der Waals surface area contributed by atoms with Crippen molar-refractivity contribution in [2.45, 2.75) is 58.6 Å². The molecule has 4 aliphatic rings. The van der Waals surface area contributed by atoms with E-state index >= 15 is 0 Å². The van der Waals surface area contributed by atoms with Crippen molar-refractivity contribution in [2.75, 3.05) is 32.8 Å². The minimum Gasteiger partial charge on any atom is -0.377 e. The number of amides is 1. The summed E-state index contributed by atoms with van der Waals surface area (Å²) in [5.41, 5.74) is 0.244. The zero-order chi connectivity index (χ0) is 17.7. The minimum atomic E-state index is 0. The van der Waals surface area contributed by atoms with Crippen molar-refractivity contribution in [2.24, 2.45) is 21.7 Å². The van der Waals surface area contributed by atoms with E-state index in [1.54, 1.807) is 0 Å². The molecule has 4 atom stereocenters. The quantitative estimate of drug-likeness (QED) is 0.364. The van der Waals surface area contributed by atoms with E-state index in [1.165, 1.54) is 0 Å². The van der Waals surface area contributed by atoms with Gasteiger partial charge in [-0.15, -0.1) is 24.0 Å². The van der Waals surface area contributed by atoms with Crippen LogP contribution >= 0.6 is 24.0 Å². The van der Waals surface area contributed by atoms with Gasteiger partial charge in [0.25, 0.3) is 0 Å². The number of nitrogens with one attached hydrogen (secondary N) is 2. The van der Waals surface area contributed by atoms with E-state index in [2.05, 4.69) is 36.3 Å². The molecule has 0 aromatic carbocycles. The predicted molar refractivity (Wildman–Crippen MR) is 113 cm³/mol. The third kappa shape index (κ3) is 3.34. The summed E-state index contributed by atoms with van der Waals surface area (Å²) >= 11 is 0. The number of hydrogen-bond acceptors (Lipinski definition) is 3. The average molecular weight is 476 g/mol. The molecule has 0 aromatic rings. The molecule has 148 valence electrons. The standard InChI is InChI=1S/C19H32N4O2.HI/c1-4-20-17(22-15-13-6-9-25-16(13)18(15,2)3)23-8-5-7-19(12-23)10-14(24)21-11-19;/h13,15-16H,4-12H2,1-3H3,(H,20,22)(H,21,24);1H. The molecule has 6 nitrogen and oxygen atoms in total. The van der Waals surface area contributed by atoms with Crippen LogP contribution in [0.25, 0.3) is 0 Å². The number of guanidine groups is 1. The van der Waals surface area contributed by atoms with Gasteiger partial charge < -0.3 is 20.3 Å². The first-order valence-corrected chi connectivity index (χ1v) is 9.89. The summed E-state index contributed by atoms with van der Waals surface area (Å²) in [7, 11) is 0. The van der Waals surface area contributed by atoms with Gasteiger partial charge in [0.1, 0.15) is 0 Å². The Morgan fingerprint density at radius 2 is 2.27 bits per heavy atom. The number of ether oxygens (including phenoxy) is 1. The smallest absolute Gasteiger partial charge is 0.220 e. The number of hydrogen-bond donors (Lipinski definition) is 2. The highest BCUT2D eigenvalue weighted by atomic mass is 127. The Kier molecular flexibility index (Phi) is 5.78. The van der Waals surface area contributed by atoms with E-state index in [-0.39, 0.29) is 40.7 Å². The van der Waals surface area contributed by atoms with Crippen molar-refractivity contribution in [3.05, 3.63) is 0 Å². The Morgan fingerprint density at radius 3 is 2.96 bits per heavy atom. The topological polar surface area (TPSA) is 66.0 Å². The van der Waals surface area contributed by atoms with E-state index < -0.39 is 0 Å². The molecule has 4 unspecified atom stereocenters. The summed E-state index contributed by atoms with van der Waals surface area (Å²) in [4.78, 5) is 19.0. The summed E-state index contributed by atoms with van der Waals surface area (Å²) in [5, 5.41) is 6.83. The minimum absolute atomic E-state index is 0. The van der Waals surface area contributed by atoms with Crippen LogP contribution in [0.2, 0.25) is 0 Å². The highest BCUT2D eigenvalue weighted by molar-refractivity contribution is 14.0. The predicted octanol–water partition coefficient (Wildman–Crippen LogP) is 1.99. The summed E-state index contributed by atoms with van der Waals surface area (Å²) in [6, 6.07) is 0.423. The molecule has 0 aromatic heterocycles. The van der Waals surface area contributed by atoms with E-state index in [0.717, 1.165) is 58.0 Å². The number of rotatable bonds is 2. The zero-order valence-electron chi connectivity index (χ0n) is 16.2. The summed E-state index contributed by atoms with van der Waals surface area (Å²) in [6.45, 7) is 11.1. The number of nitrogens with zero attached hydrogens (tertiary/aromatic N) is 2. The number of halogens is 1. The number of carbonyl (C=O) groups is 1. The number of aliphatic imine (C=N–C) groups is 1. The van der Waals surface area contributed by atoms with Gasteiger partial charge >= 0.3 is 0 Å². The molecular weight excluding hydrogens is 443 g/mol. The molecule has 3 saturated heterocycles. The lowest BCUT2D eigenvalue weighted by Gasteiger charge is -2.55. The first-order chi connectivity index (χ1) is 12.0. The fourth-order valence-electron chi connectivity index (χ4n) is 5.57. The summed E-state index contributed by atoms with van der Waals surface area (Å²) < 4.78 is 5.93. The van der Waals surface area contributed by atoms with Gasteiger partial charge in [0, 0.05) is 62.0 Å². The number of carbonyl (C=O) groups excluding carboxylic acids is 1. The third-order valence-corrected chi connectivity index (χ3v) is 6.85. The van der Waals surface area contributed by atoms with Crippen LogP contribution in [0.1, 0.15) is 46.5 Å². The van der Waals surface area contributed by atoms with Crippen LogP contribution in [-0.4, -0.2) is 61.7 Å². The number of fused-ring (bicyclic) bond motifs is 1. The van der Waals surface area contributed by atoms with Crippen molar-refractivity contribution < 1.29 is 9.53 Å². The fourth-order valence-corrected chi connectivity index (χ4v) is 5.57. The van der Waals surface area contributed by atoms with Crippen molar-refractivity contribution in [1.29, 1.82) is 0 Å². The first kappa shape index (κ1) is 20.2. The highest BCUT2D eigenvalue weighted by Crippen LogP contribution is 2.52. The molecule has 1 aliphatic carbocycles. The molecule has 2 N–H and O–H groups in total. The second-order valence-electron chi connectivity index (χ2n) is 8.96. The van der Waals surface area contributed by atoms with Crippen LogP contribution in [0.3, 0.4) is 0 Å². The molecule has 3 heterocycles. The van der Waals surface area contributed by atoms with Crippen molar-refractivity contribution in [3.8, 4) is 0 Å². The van der Waals surface area contributed by atoms with Crippen molar-refractivity contribution in [3.63, 3.8) is 0 Å². The maximum Gasteiger partial charge on any atom is 0.220 e. The normalized spacial score (nSPS) is 38.4. The molecule has 1 saturated carbocycles. The molecule has 26 heavy (non-hydrogen) atoms. The van der Waals surface area contributed by atoms with E-state index in [0.29, 0.717) is 24.5 Å². The fraction of sp³-hybridized carbons (Fsp3) is 0.895. The molecule has 4 fully saturated rings. The Hall–Kier alpha value is -0.570. The molecule has 0 bridgehead atoms. The molecule has 4 rings (SSSR count). The van der Waals surface area contributed by atoms with E-state index in [9.17, 15) is 4.79 Å². The SMILES string of the molecule is CCN=C(NC1C2CCOC2C1(C)C)N1CCCC2(CNC(=O)C2)C1.I. The largest absolute Gasteiger partial charge is 0.377 e. The molecule has 3 aliphatic heterocycles. The van der Waals surface area contributed by atoms with Crippen LogP contribution < -0.4 is 10.6 Å². The lowest BCUT2D eigenvalue weighted by atomic mass is 9.57. The second-order valence-corrected chi connectivity index (χ2v) is 8.96. The first-order valence-electron chi connectivity index (χ1n) is 9.89. The zero-order valence-corrected chi connectivity index (χ0v) is 18.5. The second kappa shape index (κ2) is 7.45. The Bertz CT molecular complexity index is 582. The van der Waals surface area contributed by atoms with E-state index in [4.69, 9.17) is 9.73 Å². The van der Waals surface area contributed by atoms with Gasteiger partial charge in [-0.2, -0.15) is 0 Å². The Labute approximate surface area is 173 Å². The van der Waals surface area contributed by atoms with Gasteiger partial charge in [0.15, 0.2) is 5.96 Å². The monoisotopic (exact) mass is 476 g/mol. The van der Waals surface area contributed by atoms with Gasteiger partial charge in [0.2, 0.25) is 5.91 Å². The summed E-state index contributed by atoms with van der Waals surface area (Å²) in [6.07, 6.45) is 4.46. The molecular formula is C19H33IN4O2. The van der Waals surface area contributed by atoms with Gasteiger partial charge in [-0.3, -0.25) is 9.79 Å². The maximum absolute atomic E-state index is 11.8. The van der Waals surface area contributed by atoms with Crippen LogP contribution in [0.4, 0.5) is 0 Å². The highest BCUT2D eigenvalue weighted by Gasteiger charge is 2.60. The lowest BCUT2D eigenvalue weighted by Crippen LogP contribution is -2.68. The maximum atomic E-state index is 11.8. The Balaban J connectivity index is 0.00000196. The molecule has 7 heteroatoms. The van der Waals surface area contributed by atoms with Gasteiger partial charge in [-0.25, -0.2) is 0 Å². The molecule has 1 spiro atoms. The van der Waals surface area contributed by atoms with Crippen LogP contribution in [0.5, 0.6) is 0 Å². The van der Waals surface area contributed by atoms with Crippen molar-refractivity contribution in [1.82, 2.24) is 15.5 Å². The Morgan fingerprint density at radius 1 is 1.46 bits per heavy atom. The molecule has 0 radical (unpaired) electrons. The van der Waals surface area contributed by atoms with E-state index in [1.807, 2.05) is 0 Å². The average Bonchev–Trinajstić information content (AvgIpc) is 3.17. The van der Waals surface area contributed by atoms with Gasteiger partial charge in [0.05, 0.1) is 6.10 Å². The number of likely N-dealkylation sites (tertiary alicyclic amines) is 1. The van der Waals surface area contributed by atoms with Crippen molar-refractivity contribution >= 4 is 35.8 Å². The van der Waals surface area contributed by atoms with Crippen LogP contribution in [-0.2, 0) is 9.53 Å². The number of piperidine rings is 1. The summed E-state index contributed by atoms with van der Waals surface area (Å²) in [5.74, 6) is 1.84. The van der Waals surface area contributed by atoms with Crippen LogP contribution in [0, 0.1) is 16.7 Å². The molecule has 1 amide bonds. The van der Waals surface area contributed by atoms with Gasteiger partial charge in [-0.05, 0) is 26.2 Å². The lowest BCUT2D eigenvalue weighted by molar-refractivity contribution is -0.119. The third-order valence-electron chi connectivity index (χ3n) is 6.85.